The van der Waals surface area contributed by atoms with E-state index >= 15 is 0 Å². The monoisotopic (exact) mass is 410 g/mol. The quantitative estimate of drug-likeness (QED) is 0.478. The molecule has 2 aromatic carbocycles. The molecule has 7 heteroatoms. The van der Waals surface area contributed by atoms with Gasteiger partial charge in [0.05, 0.1) is 24.7 Å². The summed E-state index contributed by atoms with van der Waals surface area (Å²) in [4.78, 5) is 24.5. The SMILES string of the molecule is CCOC(=O)C(Cc1ccc(OCCn2ncc3ccccc3c2=O)cc1)OCC. The minimum atomic E-state index is -0.618. The third-order valence-corrected chi connectivity index (χ3v) is 4.60. The van der Waals surface area contributed by atoms with E-state index in [1.165, 1.54) is 4.68 Å². The number of hydrogen-bond acceptors (Lipinski definition) is 6. The number of esters is 1. The number of fused-ring (bicyclic) bond motifs is 1. The second kappa shape index (κ2) is 10.5. The number of ether oxygens (including phenoxy) is 3. The van der Waals surface area contributed by atoms with Crippen LogP contribution in [0.4, 0.5) is 0 Å². The summed E-state index contributed by atoms with van der Waals surface area (Å²) in [5.74, 6) is 0.324. The first-order valence-corrected chi connectivity index (χ1v) is 10.1. The molecule has 0 radical (unpaired) electrons. The zero-order valence-corrected chi connectivity index (χ0v) is 17.2. The van der Waals surface area contributed by atoms with Gasteiger partial charge in [0.25, 0.3) is 5.56 Å². The van der Waals surface area contributed by atoms with Gasteiger partial charge in [-0.1, -0.05) is 30.3 Å². The van der Waals surface area contributed by atoms with Gasteiger partial charge in [0.2, 0.25) is 0 Å². The third kappa shape index (κ3) is 5.45. The summed E-state index contributed by atoms with van der Waals surface area (Å²) in [5, 5.41) is 5.66. The van der Waals surface area contributed by atoms with E-state index in [1.54, 1.807) is 19.2 Å². The van der Waals surface area contributed by atoms with Gasteiger partial charge in [-0.2, -0.15) is 5.10 Å². The van der Waals surface area contributed by atoms with Crippen LogP contribution in [-0.2, 0) is 27.2 Å². The van der Waals surface area contributed by atoms with Crippen LogP contribution in [0.15, 0.2) is 59.5 Å². The van der Waals surface area contributed by atoms with E-state index in [9.17, 15) is 9.59 Å². The van der Waals surface area contributed by atoms with Gasteiger partial charge in [-0.25, -0.2) is 9.48 Å². The molecule has 0 spiro atoms. The van der Waals surface area contributed by atoms with Gasteiger partial charge in [-0.3, -0.25) is 4.79 Å². The van der Waals surface area contributed by atoms with Crippen molar-refractivity contribution in [2.24, 2.45) is 0 Å². The van der Waals surface area contributed by atoms with E-state index in [2.05, 4.69) is 5.10 Å². The second-order valence-corrected chi connectivity index (χ2v) is 6.65. The number of carbonyl (C=O) groups excluding carboxylic acids is 1. The minimum Gasteiger partial charge on any atom is -0.492 e. The van der Waals surface area contributed by atoms with Crippen LogP contribution in [-0.4, -0.2) is 41.7 Å². The first-order chi connectivity index (χ1) is 14.6. The van der Waals surface area contributed by atoms with E-state index in [1.807, 2.05) is 49.4 Å². The first kappa shape index (κ1) is 21.5. The van der Waals surface area contributed by atoms with E-state index in [0.717, 1.165) is 10.9 Å². The lowest BCUT2D eigenvalue weighted by Crippen LogP contribution is -2.29. The largest absolute Gasteiger partial charge is 0.492 e. The Bertz CT molecular complexity index is 1030. The molecule has 0 bridgehead atoms. The molecule has 158 valence electrons. The van der Waals surface area contributed by atoms with Crippen molar-refractivity contribution in [3.8, 4) is 5.75 Å². The molecule has 0 aliphatic heterocycles. The Labute approximate surface area is 175 Å². The molecule has 0 saturated heterocycles. The van der Waals surface area contributed by atoms with Crippen LogP contribution in [0.2, 0.25) is 0 Å². The Kier molecular flexibility index (Phi) is 7.57. The zero-order chi connectivity index (χ0) is 21.3. The molecular weight excluding hydrogens is 384 g/mol. The summed E-state index contributed by atoms with van der Waals surface area (Å²) in [5.41, 5.74) is 0.814. The standard InChI is InChI=1S/C23H26N2O5/c1-3-28-21(23(27)29-4-2)15-17-9-11-19(12-10-17)30-14-13-25-22(26)20-8-6-5-7-18(20)16-24-25/h5-12,16,21H,3-4,13-15H2,1-2H3. The molecule has 0 saturated carbocycles. The topological polar surface area (TPSA) is 79.7 Å². The molecule has 0 aliphatic carbocycles. The average Bonchev–Trinajstić information content (AvgIpc) is 2.76. The summed E-state index contributed by atoms with van der Waals surface area (Å²) in [6.07, 6.45) is 1.50. The van der Waals surface area contributed by atoms with E-state index in [-0.39, 0.29) is 11.5 Å². The number of carbonyl (C=O) groups is 1. The summed E-state index contributed by atoms with van der Waals surface area (Å²) in [7, 11) is 0. The minimum absolute atomic E-state index is 0.132. The lowest BCUT2D eigenvalue weighted by Gasteiger charge is -2.16. The van der Waals surface area contributed by atoms with Crippen molar-refractivity contribution < 1.29 is 19.0 Å². The molecule has 30 heavy (non-hydrogen) atoms. The van der Waals surface area contributed by atoms with Crippen molar-refractivity contribution in [2.75, 3.05) is 19.8 Å². The van der Waals surface area contributed by atoms with E-state index < -0.39 is 6.10 Å². The van der Waals surface area contributed by atoms with Gasteiger partial charge in [-0.15, -0.1) is 0 Å². The van der Waals surface area contributed by atoms with Crippen LogP contribution in [0.3, 0.4) is 0 Å². The predicted molar refractivity (Wildman–Crippen MR) is 114 cm³/mol. The molecule has 3 rings (SSSR count). The van der Waals surface area contributed by atoms with Crippen LogP contribution >= 0.6 is 0 Å². The van der Waals surface area contributed by atoms with E-state index in [0.29, 0.717) is 43.9 Å². The third-order valence-electron chi connectivity index (χ3n) is 4.60. The number of hydrogen-bond donors (Lipinski definition) is 0. The smallest absolute Gasteiger partial charge is 0.335 e. The van der Waals surface area contributed by atoms with Crippen molar-refractivity contribution in [3.05, 3.63) is 70.6 Å². The predicted octanol–water partition coefficient (Wildman–Crippen LogP) is 2.99. The summed E-state index contributed by atoms with van der Waals surface area (Å²) >= 11 is 0. The lowest BCUT2D eigenvalue weighted by molar-refractivity contribution is -0.156. The maximum Gasteiger partial charge on any atom is 0.335 e. The molecule has 0 N–H and O–H groups in total. The van der Waals surface area contributed by atoms with Gasteiger partial charge >= 0.3 is 5.97 Å². The molecule has 1 aromatic heterocycles. The highest BCUT2D eigenvalue weighted by atomic mass is 16.6. The van der Waals surface area contributed by atoms with Crippen LogP contribution < -0.4 is 10.3 Å². The molecule has 1 atom stereocenters. The molecule has 1 heterocycles. The fraction of sp³-hybridized carbons (Fsp3) is 0.348. The second-order valence-electron chi connectivity index (χ2n) is 6.65. The lowest BCUT2D eigenvalue weighted by atomic mass is 10.1. The van der Waals surface area contributed by atoms with Gasteiger partial charge < -0.3 is 14.2 Å². The Morgan fingerprint density at radius 2 is 1.83 bits per heavy atom. The van der Waals surface area contributed by atoms with Crippen molar-refractivity contribution in [2.45, 2.75) is 32.9 Å². The molecule has 3 aromatic rings. The number of aromatic nitrogens is 2. The Morgan fingerprint density at radius 3 is 2.57 bits per heavy atom. The highest BCUT2D eigenvalue weighted by Gasteiger charge is 2.20. The van der Waals surface area contributed by atoms with Crippen LogP contribution in [0.25, 0.3) is 10.8 Å². The van der Waals surface area contributed by atoms with Gasteiger partial charge in [0.15, 0.2) is 6.10 Å². The Morgan fingerprint density at radius 1 is 1.07 bits per heavy atom. The van der Waals surface area contributed by atoms with Gasteiger partial charge in [0, 0.05) is 18.4 Å². The normalized spacial score (nSPS) is 11.9. The highest BCUT2D eigenvalue weighted by molar-refractivity contribution is 5.80. The molecule has 7 nitrogen and oxygen atoms in total. The summed E-state index contributed by atoms with van der Waals surface area (Å²) in [6, 6.07) is 14.8. The molecule has 0 fully saturated rings. The average molecular weight is 410 g/mol. The molecule has 1 unspecified atom stereocenters. The number of nitrogens with zero attached hydrogens (tertiary/aromatic N) is 2. The summed E-state index contributed by atoms with van der Waals surface area (Å²) in [6.45, 7) is 5.04. The van der Waals surface area contributed by atoms with Crippen molar-refractivity contribution in [3.63, 3.8) is 0 Å². The fourth-order valence-corrected chi connectivity index (χ4v) is 3.12. The molecule has 0 aliphatic rings. The highest BCUT2D eigenvalue weighted by Crippen LogP contribution is 2.15. The Hall–Kier alpha value is -3.19. The maximum absolute atomic E-state index is 12.5. The van der Waals surface area contributed by atoms with Crippen LogP contribution in [0.5, 0.6) is 5.75 Å². The fourth-order valence-electron chi connectivity index (χ4n) is 3.12. The first-order valence-electron chi connectivity index (χ1n) is 10.1. The van der Waals surface area contributed by atoms with Gasteiger partial charge in [0.1, 0.15) is 12.4 Å². The van der Waals surface area contributed by atoms with Crippen molar-refractivity contribution in [1.29, 1.82) is 0 Å². The van der Waals surface area contributed by atoms with E-state index in [4.69, 9.17) is 14.2 Å². The van der Waals surface area contributed by atoms with Crippen molar-refractivity contribution >= 4 is 16.7 Å². The van der Waals surface area contributed by atoms with Gasteiger partial charge in [-0.05, 0) is 37.6 Å². The zero-order valence-electron chi connectivity index (χ0n) is 17.2. The van der Waals surface area contributed by atoms with Crippen molar-refractivity contribution in [1.82, 2.24) is 9.78 Å². The molecule has 0 amide bonds. The summed E-state index contributed by atoms with van der Waals surface area (Å²) < 4.78 is 17.7. The van der Waals surface area contributed by atoms with Crippen LogP contribution in [0.1, 0.15) is 19.4 Å². The van der Waals surface area contributed by atoms with Crippen LogP contribution in [0, 0.1) is 0 Å². The maximum atomic E-state index is 12.5. The number of benzene rings is 2. The molecular formula is C23H26N2O5. The Balaban J connectivity index is 1.56. The number of rotatable bonds is 10.